The van der Waals surface area contributed by atoms with Crippen molar-refractivity contribution in [2.24, 2.45) is 0 Å². The number of hydrogen-bond acceptors (Lipinski definition) is 4. The second-order valence-electron chi connectivity index (χ2n) is 3.25. The average Bonchev–Trinajstić information content (AvgIpc) is 2.80. The highest BCUT2D eigenvalue weighted by Crippen LogP contribution is 2.21. The monoisotopic (exact) mass is 314 g/mol. The summed E-state index contributed by atoms with van der Waals surface area (Å²) in [6.07, 6.45) is 1.25. The number of aromatic amines is 1. The fourth-order valence-electron chi connectivity index (χ4n) is 1.17. The van der Waals surface area contributed by atoms with E-state index >= 15 is 0 Å². The van der Waals surface area contributed by atoms with E-state index in [4.69, 9.17) is 4.74 Å². The van der Waals surface area contributed by atoms with Crippen LogP contribution >= 0.6 is 15.9 Å². The van der Waals surface area contributed by atoms with Crippen LogP contribution in [0.15, 0.2) is 29.0 Å². The van der Waals surface area contributed by atoms with Gasteiger partial charge in [0.05, 0.1) is 0 Å². The zero-order valence-corrected chi connectivity index (χ0v) is 10.6. The highest BCUT2D eigenvalue weighted by molar-refractivity contribution is 9.10. The van der Waals surface area contributed by atoms with Crippen LogP contribution in [0.3, 0.4) is 0 Å². The van der Waals surface area contributed by atoms with Crippen molar-refractivity contribution in [2.75, 3.05) is 11.9 Å². The Labute approximate surface area is 110 Å². The molecule has 0 saturated carbocycles. The third-order valence-electron chi connectivity index (χ3n) is 1.93. The Morgan fingerprint density at radius 2 is 2.39 bits per heavy atom. The third kappa shape index (κ3) is 3.27. The number of carbonyl (C=O) groups is 1. The molecule has 2 N–H and O–H groups in total. The smallest absolute Gasteiger partial charge is 0.264 e. The molecule has 2 rings (SSSR count). The molecular formula is C10H8BrFN4O2. The first-order chi connectivity index (χ1) is 8.65. The molecule has 2 aromatic rings. The minimum absolute atomic E-state index is 0.00548. The number of hydrogen-bond donors (Lipinski definition) is 2. The van der Waals surface area contributed by atoms with Crippen LogP contribution in [-0.2, 0) is 4.79 Å². The molecule has 1 amide bonds. The first-order valence-electron chi connectivity index (χ1n) is 4.88. The predicted molar refractivity (Wildman–Crippen MR) is 64.6 cm³/mol. The number of aromatic nitrogens is 3. The van der Waals surface area contributed by atoms with Gasteiger partial charge < -0.3 is 4.74 Å². The number of nitrogens with zero attached hydrogens (tertiary/aromatic N) is 2. The molecule has 0 aliphatic rings. The lowest BCUT2D eigenvalue weighted by atomic mass is 10.3. The average molecular weight is 315 g/mol. The van der Waals surface area contributed by atoms with Gasteiger partial charge in [-0.2, -0.15) is 10.1 Å². The van der Waals surface area contributed by atoms with Gasteiger partial charge in [-0.05, 0) is 18.2 Å². The number of halogens is 2. The zero-order valence-electron chi connectivity index (χ0n) is 8.98. The molecule has 0 unspecified atom stereocenters. The van der Waals surface area contributed by atoms with Crippen LogP contribution in [0.25, 0.3) is 0 Å². The molecule has 1 heterocycles. The summed E-state index contributed by atoms with van der Waals surface area (Å²) in [7, 11) is 0. The summed E-state index contributed by atoms with van der Waals surface area (Å²) in [5.74, 6) is -0.795. The summed E-state index contributed by atoms with van der Waals surface area (Å²) in [6, 6.07) is 4.30. The summed E-state index contributed by atoms with van der Waals surface area (Å²) in [5, 5.41) is 8.41. The molecule has 0 spiro atoms. The minimum Gasteiger partial charge on any atom is -0.481 e. The van der Waals surface area contributed by atoms with E-state index in [9.17, 15) is 9.18 Å². The van der Waals surface area contributed by atoms with Gasteiger partial charge in [-0.3, -0.25) is 10.1 Å². The SMILES string of the molecule is O=C(COc1ccc(Br)cc1F)Nc1ncn[nH]1. The fourth-order valence-corrected chi connectivity index (χ4v) is 1.50. The van der Waals surface area contributed by atoms with Crippen molar-refractivity contribution in [3.05, 3.63) is 34.8 Å². The van der Waals surface area contributed by atoms with Crippen LogP contribution in [0.5, 0.6) is 5.75 Å². The summed E-state index contributed by atoms with van der Waals surface area (Å²) in [5.41, 5.74) is 0. The Morgan fingerprint density at radius 1 is 1.56 bits per heavy atom. The first kappa shape index (κ1) is 12.5. The van der Waals surface area contributed by atoms with E-state index in [1.807, 2.05) is 0 Å². The Morgan fingerprint density at radius 3 is 3.06 bits per heavy atom. The normalized spacial score (nSPS) is 10.1. The summed E-state index contributed by atoms with van der Waals surface area (Å²) in [6.45, 7) is -0.320. The summed E-state index contributed by atoms with van der Waals surface area (Å²) < 4.78 is 19.0. The highest BCUT2D eigenvalue weighted by atomic mass is 79.9. The van der Waals surface area contributed by atoms with Crippen LogP contribution in [0.2, 0.25) is 0 Å². The second-order valence-corrected chi connectivity index (χ2v) is 4.16. The topological polar surface area (TPSA) is 79.9 Å². The molecule has 0 radical (unpaired) electrons. The molecule has 94 valence electrons. The van der Waals surface area contributed by atoms with Gasteiger partial charge in [0.1, 0.15) is 6.33 Å². The van der Waals surface area contributed by atoms with Crippen LogP contribution in [0.4, 0.5) is 10.3 Å². The molecule has 1 aromatic carbocycles. The Balaban J connectivity index is 1.89. The van der Waals surface area contributed by atoms with Gasteiger partial charge in [-0.1, -0.05) is 15.9 Å². The largest absolute Gasteiger partial charge is 0.481 e. The van der Waals surface area contributed by atoms with Crippen molar-refractivity contribution < 1.29 is 13.9 Å². The lowest BCUT2D eigenvalue weighted by Crippen LogP contribution is -2.21. The number of nitrogens with one attached hydrogen (secondary N) is 2. The fraction of sp³-hybridized carbons (Fsp3) is 0.100. The number of benzene rings is 1. The van der Waals surface area contributed by atoms with Gasteiger partial charge in [-0.15, -0.1) is 0 Å². The third-order valence-corrected chi connectivity index (χ3v) is 2.42. The van der Waals surface area contributed by atoms with Crippen molar-refractivity contribution in [2.45, 2.75) is 0 Å². The molecule has 0 bridgehead atoms. The number of amides is 1. The molecule has 18 heavy (non-hydrogen) atoms. The van der Waals surface area contributed by atoms with Crippen LogP contribution < -0.4 is 10.1 Å². The first-order valence-corrected chi connectivity index (χ1v) is 5.67. The highest BCUT2D eigenvalue weighted by Gasteiger charge is 2.08. The quantitative estimate of drug-likeness (QED) is 0.900. The molecular weight excluding hydrogens is 307 g/mol. The van der Waals surface area contributed by atoms with E-state index in [1.54, 1.807) is 6.07 Å². The molecule has 0 saturated heterocycles. The van der Waals surface area contributed by atoms with Crippen molar-refractivity contribution in [1.82, 2.24) is 15.2 Å². The second kappa shape index (κ2) is 5.58. The van der Waals surface area contributed by atoms with Gasteiger partial charge in [0.2, 0.25) is 5.95 Å². The van der Waals surface area contributed by atoms with Crippen LogP contribution in [0, 0.1) is 5.82 Å². The standard InChI is InChI=1S/C10H8BrFN4O2/c11-6-1-2-8(7(12)3-6)18-4-9(17)15-10-13-5-14-16-10/h1-3,5H,4H2,(H2,13,14,15,16,17). The Kier molecular flexibility index (Phi) is 3.88. The maximum Gasteiger partial charge on any atom is 0.264 e. The summed E-state index contributed by atoms with van der Waals surface area (Å²) >= 11 is 3.12. The number of anilines is 1. The molecule has 0 aliphatic heterocycles. The number of carbonyl (C=O) groups excluding carboxylic acids is 1. The van der Waals surface area contributed by atoms with E-state index in [2.05, 4.69) is 36.4 Å². The van der Waals surface area contributed by atoms with Gasteiger partial charge in [0.15, 0.2) is 18.2 Å². The van der Waals surface area contributed by atoms with E-state index in [-0.39, 0.29) is 18.3 Å². The number of ether oxygens (including phenoxy) is 1. The van der Waals surface area contributed by atoms with Crippen molar-refractivity contribution in [1.29, 1.82) is 0 Å². The Hall–Kier alpha value is -1.96. The summed E-state index contributed by atoms with van der Waals surface area (Å²) in [4.78, 5) is 15.1. The number of rotatable bonds is 4. The van der Waals surface area contributed by atoms with E-state index < -0.39 is 11.7 Å². The Bertz CT molecular complexity index is 547. The lowest BCUT2D eigenvalue weighted by molar-refractivity contribution is -0.118. The van der Waals surface area contributed by atoms with E-state index in [1.165, 1.54) is 18.5 Å². The molecule has 0 atom stereocenters. The number of H-pyrrole nitrogens is 1. The van der Waals surface area contributed by atoms with E-state index in [0.29, 0.717) is 4.47 Å². The maximum atomic E-state index is 13.4. The van der Waals surface area contributed by atoms with Gasteiger partial charge in [-0.25, -0.2) is 9.49 Å². The van der Waals surface area contributed by atoms with Gasteiger partial charge in [0.25, 0.3) is 5.91 Å². The van der Waals surface area contributed by atoms with Crippen molar-refractivity contribution in [3.63, 3.8) is 0 Å². The predicted octanol–water partition coefficient (Wildman–Crippen LogP) is 1.72. The maximum absolute atomic E-state index is 13.4. The lowest BCUT2D eigenvalue weighted by Gasteiger charge is -2.06. The van der Waals surface area contributed by atoms with Crippen molar-refractivity contribution in [3.8, 4) is 5.75 Å². The van der Waals surface area contributed by atoms with Crippen LogP contribution in [0.1, 0.15) is 0 Å². The molecule has 6 nitrogen and oxygen atoms in total. The molecule has 0 aliphatic carbocycles. The van der Waals surface area contributed by atoms with E-state index in [0.717, 1.165) is 0 Å². The molecule has 1 aromatic heterocycles. The van der Waals surface area contributed by atoms with Gasteiger partial charge in [0, 0.05) is 4.47 Å². The molecule has 0 fully saturated rings. The van der Waals surface area contributed by atoms with Crippen LogP contribution in [-0.4, -0.2) is 27.7 Å². The molecule has 8 heteroatoms. The van der Waals surface area contributed by atoms with Crippen molar-refractivity contribution >= 4 is 27.8 Å². The van der Waals surface area contributed by atoms with Gasteiger partial charge >= 0.3 is 0 Å². The zero-order chi connectivity index (χ0) is 13.0. The minimum atomic E-state index is -0.545.